The molecule has 3 aliphatic rings. The highest BCUT2D eigenvalue weighted by molar-refractivity contribution is 5.74. The fourth-order valence-corrected chi connectivity index (χ4v) is 7.57. The van der Waals surface area contributed by atoms with Crippen LogP contribution >= 0.6 is 0 Å². The second-order valence-corrected chi connectivity index (χ2v) is 12.2. The van der Waals surface area contributed by atoms with Crippen molar-refractivity contribution in [3.63, 3.8) is 0 Å². The Morgan fingerprint density at radius 1 is 1.26 bits per heavy atom. The molecule has 0 heterocycles. The van der Waals surface area contributed by atoms with Crippen LogP contribution in [-0.4, -0.2) is 53.1 Å². The summed E-state index contributed by atoms with van der Waals surface area (Å²) in [6, 6.07) is 0. The van der Waals surface area contributed by atoms with E-state index in [0.717, 1.165) is 42.3 Å². The Bertz CT molecular complexity index is 1040. The van der Waals surface area contributed by atoms with Crippen LogP contribution in [0.25, 0.3) is 0 Å². The average Bonchev–Trinajstić information content (AvgIpc) is 3.23. The number of carbonyl (C=O) groups is 1. The molecule has 0 saturated heterocycles. The first-order valence-corrected chi connectivity index (χ1v) is 14.7. The van der Waals surface area contributed by atoms with Crippen LogP contribution < -0.4 is 0 Å². The average molecular weight is 539 g/mol. The van der Waals surface area contributed by atoms with Crippen LogP contribution in [0.3, 0.4) is 0 Å². The molecule has 3 N–H and O–H groups in total. The van der Waals surface area contributed by atoms with E-state index < -0.39 is 17.1 Å². The standard InChI is InChI=1S/C34H50O5/c1-7-39-22-28(13-9-12-24(4)11-8-10-23(2)3)29-16-18-34(32(29)37)31-26(17-19-35)14-15-27(20-33(34,6)38)30(31)25(5)21-36/h9-10,12-15,21,26-27,29,31-32,35,37-38H,4,7-8,11,16-20,22H2,1-3,5-6H3. The molecule has 2 fully saturated rings. The van der Waals surface area contributed by atoms with Gasteiger partial charge in [-0.25, -0.2) is 0 Å². The lowest BCUT2D eigenvalue weighted by atomic mass is 9.46. The highest BCUT2D eigenvalue weighted by Crippen LogP contribution is 2.66. The van der Waals surface area contributed by atoms with Gasteiger partial charge in [0.15, 0.2) is 0 Å². The molecule has 0 aromatic heterocycles. The predicted molar refractivity (Wildman–Crippen MR) is 158 cm³/mol. The number of aliphatic hydroxyl groups is 3. The molecule has 3 rings (SSSR count). The van der Waals surface area contributed by atoms with Crippen molar-refractivity contribution < 1.29 is 24.9 Å². The highest BCUT2D eigenvalue weighted by atomic mass is 16.5. The van der Waals surface area contributed by atoms with E-state index in [2.05, 4.69) is 44.7 Å². The van der Waals surface area contributed by atoms with Gasteiger partial charge in [0.25, 0.3) is 0 Å². The van der Waals surface area contributed by atoms with Crippen molar-refractivity contribution in [3.8, 4) is 0 Å². The fraction of sp³-hybridized carbons (Fsp3) is 0.618. The third-order valence-electron chi connectivity index (χ3n) is 9.41. The molecule has 216 valence electrons. The number of fused-ring (bicyclic) bond motifs is 3. The van der Waals surface area contributed by atoms with Crippen molar-refractivity contribution in [2.45, 2.75) is 84.8 Å². The summed E-state index contributed by atoms with van der Waals surface area (Å²) in [5, 5.41) is 34.2. The van der Waals surface area contributed by atoms with E-state index in [1.165, 1.54) is 5.57 Å². The maximum absolute atomic E-state index is 12.2. The minimum atomic E-state index is -1.13. The quantitative estimate of drug-likeness (QED) is 0.122. The van der Waals surface area contributed by atoms with Gasteiger partial charge in [0.2, 0.25) is 0 Å². The minimum absolute atomic E-state index is 0.0130. The number of aliphatic hydroxyl groups excluding tert-OH is 2. The fourth-order valence-electron chi connectivity index (χ4n) is 7.57. The number of carbonyl (C=O) groups excluding carboxylic acids is 1. The van der Waals surface area contributed by atoms with Crippen molar-refractivity contribution in [2.75, 3.05) is 19.8 Å². The largest absolute Gasteiger partial charge is 0.396 e. The van der Waals surface area contributed by atoms with Gasteiger partial charge >= 0.3 is 0 Å². The Labute approximate surface area is 235 Å². The van der Waals surface area contributed by atoms with Crippen LogP contribution in [-0.2, 0) is 9.53 Å². The molecule has 3 aliphatic carbocycles. The van der Waals surface area contributed by atoms with Gasteiger partial charge in [-0.2, -0.15) is 0 Å². The first kappa shape index (κ1) is 31.5. The molecule has 0 amide bonds. The molecule has 5 heteroatoms. The lowest BCUT2D eigenvalue weighted by Crippen LogP contribution is -2.63. The lowest BCUT2D eigenvalue weighted by Gasteiger charge is -2.60. The van der Waals surface area contributed by atoms with Crippen LogP contribution in [0.1, 0.15) is 73.1 Å². The van der Waals surface area contributed by atoms with E-state index in [1.54, 1.807) is 0 Å². The first-order chi connectivity index (χ1) is 18.5. The van der Waals surface area contributed by atoms with Gasteiger partial charge < -0.3 is 20.1 Å². The summed E-state index contributed by atoms with van der Waals surface area (Å²) < 4.78 is 5.84. The smallest absolute Gasteiger partial charge is 0.145 e. The molecule has 7 atom stereocenters. The summed E-state index contributed by atoms with van der Waals surface area (Å²) in [7, 11) is 0. The molecular formula is C34H50O5. The summed E-state index contributed by atoms with van der Waals surface area (Å²) in [4.78, 5) is 12.0. The Morgan fingerprint density at radius 3 is 2.64 bits per heavy atom. The number of hydrogen-bond donors (Lipinski definition) is 3. The predicted octanol–water partition coefficient (Wildman–Crippen LogP) is 6.04. The third-order valence-corrected chi connectivity index (χ3v) is 9.41. The summed E-state index contributed by atoms with van der Waals surface area (Å²) in [6.45, 7) is 15.0. The highest BCUT2D eigenvalue weighted by Gasteiger charge is 2.67. The Kier molecular flexibility index (Phi) is 10.9. The van der Waals surface area contributed by atoms with E-state index in [0.29, 0.717) is 38.0 Å². The molecular weight excluding hydrogens is 488 g/mol. The monoisotopic (exact) mass is 538 g/mol. The SMILES string of the molecule is C=C(C=CC=C(COCC)C1CCC2(C1O)C1C(=C(C)C=O)C(C=CC1CCO)CC2(C)O)CCC=C(C)C. The zero-order valence-electron chi connectivity index (χ0n) is 24.7. The Balaban J connectivity index is 1.99. The van der Waals surface area contributed by atoms with Crippen molar-refractivity contribution in [2.24, 2.45) is 29.1 Å². The maximum atomic E-state index is 12.2. The van der Waals surface area contributed by atoms with Crippen molar-refractivity contribution in [3.05, 3.63) is 70.9 Å². The molecule has 39 heavy (non-hydrogen) atoms. The van der Waals surface area contributed by atoms with Crippen molar-refractivity contribution in [1.82, 2.24) is 0 Å². The number of ether oxygens (including phenoxy) is 1. The molecule has 7 unspecified atom stereocenters. The summed E-state index contributed by atoms with van der Waals surface area (Å²) >= 11 is 0. The molecule has 5 nitrogen and oxygen atoms in total. The van der Waals surface area contributed by atoms with Crippen molar-refractivity contribution >= 4 is 6.29 Å². The molecule has 1 spiro atoms. The Morgan fingerprint density at radius 2 is 2.00 bits per heavy atom. The van der Waals surface area contributed by atoms with Gasteiger partial charge in [0.05, 0.1) is 18.3 Å². The van der Waals surface area contributed by atoms with Crippen LogP contribution in [0, 0.1) is 29.1 Å². The molecule has 0 aliphatic heterocycles. The van der Waals surface area contributed by atoms with Crippen molar-refractivity contribution in [1.29, 1.82) is 0 Å². The zero-order valence-corrected chi connectivity index (χ0v) is 24.7. The van der Waals surface area contributed by atoms with E-state index >= 15 is 0 Å². The zero-order chi connectivity index (χ0) is 28.8. The summed E-state index contributed by atoms with van der Waals surface area (Å²) in [5.41, 5.74) is 3.10. The second-order valence-electron chi connectivity index (χ2n) is 12.2. The van der Waals surface area contributed by atoms with Crippen LogP contribution in [0.5, 0.6) is 0 Å². The van der Waals surface area contributed by atoms with Gasteiger partial charge in [-0.15, -0.1) is 0 Å². The second kappa shape index (κ2) is 13.5. The Hall–Kier alpha value is -2.05. The van der Waals surface area contributed by atoms with Gasteiger partial charge in [-0.1, -0.05) is 59.8 Å². The summed E-state index contributed by atoms with van der Waals surface area (Å²) in [6.07, 6.45) is 16.8. The normalized spacial score (nSPS) is 35.5. The molecule has 2 bridgehead atoms. The maximum Gasteiger partial charge on any atom is 0.145 e. The number of aldehydes is 1. The molecule has 0 radical (unpaired) electrons. The minimum Gasteiger partial charge on any atom is -0.396 e. The van der Waals surface area contributed by atoms with Crippen LogP contribution in [0.15, 0.2) is 70.9 Å². The van der Waals surface area contributed by atoms with Crippen LogP contribution in [0.4, 0.5) is 0 Å². The van der Waals surface area contributed by atoms with Gasteiger partial charge in [-0.3, -0.25) is 4.79 Å². The lowest BCUT2D eigenvalue weighted by molar-refractivity contribution is -0.181. The number of hydrogen-bond acceptors (Lipinski definition) is 5. The topological polar surface area (TPSA) is 87.0 Å². The molecule has 2 saturated carbocycles. The van der Waals surface area contributed by atoms with Gasteiger partial charge in [0, 0.05) is 30.5 Å². The number of allylic oxidation sites excluding steroid dienone is 10. The third kappa shape index (κ3) is 6.48. The summed E-state index contributed by atoms with van der Waals surface area (Å²) in [5.74, 6) is -0.491. The van der Waals surface area contributed by atoms with E-state index in [9.17, 15) is 20.1 Å². The van der Waals surface area contributed by atoms with E-state index in [-0.39, 0.29) is 30.3 Å². The van der Waals surface area contributed by atoms with E-state index in [4.69, 9.17) is 4.74 Å². The molecule has 0 aromatic carbocycles. The molecule has 0 aromatic rings. The first-order valence-electron chi connectivity index (χ1n) is 14.7. The van der Waals surface area contributed by atoms with E-state index in [1.807, 2.05) is 32.9 Å². The van der Waals surface area contributed by atoms with Crippen LogP contribution in [0.2, 0.25) is 0 Å². The number of rotatable bonds is 12. The van der Waals surface area contributed by atoms with Gasteiger partial charge in [0.1, 0.15) is 6.29 Å². The van der Waals surface area contributed by atoms with Gasteiger partial charge in [-0.05, 0) is 96.1 Å².